The van der Waals surface area contributed by atoms with Gasteiger partial charge in [-0.3, -0.25) is 5.84 Å². The van der Waals surface area contributed by atoms with Gasteiger partial charge in [0.1, 0.15) is 0 Å². The van der Waals surface area contributed by atoms with E-state index in [0.29, 0.717) is 0 Å². The zero-order valence-corrected chi connectivity index (χ0v) is 11.4. The van der Waals surface area contributed by atoms with Crippen LogP contribution >= 0.6 is 22.6 Å². The highest BCUT2D eigenvalue weighted by Gasteiger charge is 2.16. The van der Waals surface area contributed by atoms with Crippen molar-refractivity contribution in [2.24, 2.45) is 5.84 Å². The van der Waals surface area contributed by atoms with Crippen molar-refractivity contribution in [3.8, 4) is 0 Å². The quantitative estimate of drug-likeness (QED) is 0.387. The van der Waals surface area contributed by atoms with Crippen LogP contribution in [-0.4, -0.2) is 0 Å². The molecule has 1 aliphatic carbocycles. The monoisotopic (exact) mass is 328 g/mol. The van der Waals surface area contributed by atoms with E-state index in [2.05, 4.69) is 58.4 Å². The van der Waals surface area contributed by atoms with Crippen molar-refractivity contribution in [2.45, 2.75) is 31.7 Å². The zero-order valence-electron chi connectivity index (χ0n) is 9.25. The van der Waals surface area contributed by atoms with Gasteiger partial charge in [0.25, 0.3) is 0 Å². The Labute approximate surface area is 110 Å². The molecular weight excluding hydrogens is 311 g/mol. The molecule has 1 aromatic rings. The minimum absolute atomic E-state index is 0.190. The van der Waals surface area contributed by atoms with Crippen LogP contribution in [0.5, 0.6) is 0 Å². The molecule has 0 bridgehead atoms. The molecule has 3 N–H and O–H groups in total. The number of halogens is 1. The number of hydrazine groups is 1. The summed E-state index contributed by atoms with van der Waals surface area (Å²) in [5.41, 5.74) is 5.65. The van der Waals surface area contributed by atoms with Crippen LogP contribution in [0.4, 0.5) is 0 Å². The molecule has 0 saturated heterocycles. The second-order valence-corrected chi connectivity index (χ2v) is 5.43. The first-order valence-corrected chi connectivity index (χ1v) is 6.79. The molecule has 0 aliphatic heterocycles. The maximum Gasteiger partial charge on any atom is 0.0670 e. The summed E-state index contributed by atoms with van der Waals surface area (Å²) in [6, 6.07) is 8.72. The van der Waals surface area contributed by atoms with E-state index in [9.17, 15) is 0 Å². The zero-order chi connectivity index (χ0) is 11.4. The van der Waals surface area contributed by atoms with Crippen LogP contribution in [0.25, 0.3) is 0 Å². The molecule has 2 rings (SSSR count). The fourth-order valence-corrected chi connectivity index (χ4v) is 2.80. The van der Waals surface area contributed by atoms with Crippen LogP contribution in [0.1, 0.15) is 37.3 Å². The van der Waals surface area contributed by atoms with E-state index < -0.39 is 0 Å². The summed E-state index contributed by atoms with van der Waals surface area (Å²) in [5, 5.41) is 0. The number of rotatable bonds is 3. The summed E-state index contributed by atoms with van der Waals surface area (Å²) in [6.07, 6.45) is 7.30. The average Bonchev–Trinajstić information content (AvgIpc) is 2.31. The van der Waals surface area contributed by atoms with Gasteiger partial charge in [-0.15, -0.1) is 0 Å². The van der Waals surface area contributed by atoms with Crippen molar-refractivity contribution in [1.82, 2.24) is 5.43 Å². The van der Waals surface area contributed by atoms with Crippen LogP contribution in [0.3, 0.4) is 0 Å². The third kappa shape index (κ3) is 2.84. The van der Waals surface area contributed by atoms with Crippen LogP contribution in [-0.2, 0) is 0 Å². The van der Waals surface area contributed by atoms with Gasteiger partial charge in [-0.1, -0.05) is 23.8 Å². The van der Waals surface area contributed by atoms with Crippen LogP contribution in [0, 0.1) is 3.57 Å². The van der Waals surface area contributed by atoms with Crippen molar-refractivity contribution in [2.75, 3.05) is 0 Å². The number of benzene rings is 1. The van der Waals surface area contributed by atoms with Crippen molar-refractivity contribution >= 4 is 22.6 Å². The van der Waals surface area contributed by atoms with E-state index in [4.69, 9.17) is 5.84 Å². The van der Waals surface area contributed by atoms with E-state index in [1.807, 2.05) is 0 Å². The fraction of sp³-hybridized carbons (Fsp3) is 0.385. The molecular formula is C13H17IN2. The normalized spacial score (nSPS) is 18.0. The first-order chi connectivity index (χ1) is 7.81. The Kier molecular flexibility index (Phi) is 4.37. The standard InChI is InChI=1S/C13H17IN2/c14-12-8-4-7-11(9-12)13(16-15)10-5-2-1-3-6-10/h4-5,7-9,13,16H,1-3,6,15H2. The molecule has 1 aliphatic rings. The molecule has 16 heavy (non-hydrogen) atoms. The van der Waals surface area contributed by atoms with E-state index >= 15 is 0 Å². The van der Waals surface area contributed by atoms with E-state index in [1.54, 1.807) is 0 Å². The number of hydrogen-bond acceptors (Lipinski definition) is 2. The molecule has 0 spiro atoms. The van der Waals surface area contributed by atoms with Gasteiger partial charge in [-0.05, 0) is 66.0 Å². The molecule has 0 radical (unpaired) electrons. The molecule has 1 aromatic carbocycles. The molecule has 2 nitrogen and oxygen atoms in total. The summed E-state index contributed by atoms with van der Waals surface area (Å²) in [7, 11) is 0. The van der Waals surface area contributed by atoms with Crippen LogP contribution < -0.4 is 11.3 Å². The SMILES string of the molecule is NNC(C1=CCCCC1)c1cccc(I)c1. The van der Waals surface area contributed by atoms with Gasteiger partial charge in [0.15, 0.2) is 0 Å². The summed E-state index contributed by atoms with van der Waals surface area (Å²) < 4.78 is 1.26. The topological polar surface area (TPSA) is 38.0 Å². The third-order valence-electron chi connectivity index (χ3n) is 3.05. The molecule has 86 valence electrons. The first kappa shape index (κ1) is 12.1. The maximum atomic E-state index is 5.69. The number of nitrogens with one attached hydrogen (secondary N) is 1. The first-order valence-electron chi connectivity index (χ1n) is 5.72. The number of allylic oxidation sites excluding steroid dienone is 1. The Balaban J connectivity index is 2.25. The van der Waals surface area contributed by atoms with E-state index in [0.717, 1.165) is 0 Å². The van der Waals surface area contributed by atoms with E-state index in [-0.39, 0.29) is 6.04 Å². The van der Waals surface area contributed by atoms with Gasteiger partial charge >= 0.3 is 0 Å². The third-order valence-corrected chi connectivity index (χ3v) is 3.72. The molecule has 0 saturated carbocycles. The molecule has 0 fully saturated rings. The molecule has 1 unspecified atom stereocenters. The highest BCUT2D eigenvalue weighted by Crippen LogP contribution is 2.29. The van der Waals surface area contributed by atoms with E-state index in [1.165, 1.54) is 40.4 Å². The predicted molar refractivity (Wildman–Crippen MR) is 75.8 cm³/mol. The number of hydrogen-bond donors (Lipinski definition) is 2. The lowest BCUT2D eigenvalue weighted by atomic mass is 9.90. The van der Waals surface area contributed by atoms with Gasteiger partial charge in [0, 0.05) is 3.57 Å². The Morgan fingerprint density at radius 2 is 2.19 bits per heavy atom. The highest BCUT2D eigenvalue weighted by molar-refractivity contribution is 14.1. The molecule has 0 amide bonds. The van der Waals surface area contributed by atoms with Crippen molar-refractivity contribution < 1.29 is 0 Å². The maximum absolute atomic E-state index is 5.69. The summed E-state index contributed by atoms with van der Waals surface area (Å²) in [5.74, 6) is 5.69. The fourth-order valence-electron chi connectivity index (χ4n) is 2.23. The second-order valence-electron chi connectivity index (χ2n) is 4.18. The van der Waals surface area contributed by atoms with Crippen LogP contribution in [0.15, 0.2) is 35.9 Å². The Morgan fingerprint density at radius 1 is 1.31 bits per heavy atom. The minimum atomic E-state index is 0.190. The minimum Gasteiger partial charge on any atom is -0.271 e. The van der Waals surface area contributed by atoms with Crippen LogP contribution in [0.2, 0.25) is 0 Å². The Bertz CT molecular complexity index is 387. The Morgan fingerprint density at radius 3 is 2.81 bits per heavy atom. The second kappa shape index (κ2) is 5.80. The van der Waals surface area contributed by atoms with Crippen molar-refractivity contribution in [3.63, 3.8) is 0 Å². The lowest BCUT2D eigenvalue weighted by molar-refractivity contribution is 0.565. The predicted octanol–water partition coefficient (Wildman–Crippen LogP) is 3.30. The van der Waals surface area contributed by atoms with Crippen molar-refractivity contribution in [3.05, 3.63) is 45.0 Å². The van der Waals surface area contributed by atoms with Crippen molar-refractivity contribution in [1.29, 1.82) is 0 Å². The lowest BCUT2D eigenvalue weighted by Crippen LogP contribution is -2.30. The lowest BCUT2D eigenvalue weighted by Gasteiger charge is -2.23. The van der Waals surface area contributed by atoms with Gasteiger partial charge in [-0.2, -0.15) is 0 Å². The largest absolute Gasteiger partial charge is 0.271 e. The van der Waals surface area contributed by atoms with Gasteiger partial charge in [-0.25, -0.2) is 5.43 Å². The molecule has 0 aromatic heterocycles. The summed E-state index contributed by atoms with van der Waals surface area (Å²) in [4.78, 5) is 0. The average molecular weight is 328 g/mol. The summed E-state index contributed by atoms with van der Waals surface area (Å²) >= 11 is 2.34. The Hall–Kier alpha value is -0.390. The number of nitrogens with two attached hydrogens (primary N) is 1. The van der Waals surface area contributed by atoms with Gasteiger partial charge < -0.3 is 0 Å². The summed E-state index contributed by atoms with van der Waals surface area (Å²) in [6.45, 7) is 0. The smallest absolute Gasteiger partial charge is 0.0670 e. The molecule has 0 heterocycles. The van der Waals surface area contributed by atoms with Gasteiger partial charge in [0.2, 0.25) is 0 Å². The van der Waals surface area contributed by atoms with Gasteiger partial charge in [0.05, 0.1) is 6.04 Å². The molecule has 1 atom stereocenters. The molecule has 3 heteroatoms. The highest BCUT2D eigenvalue weighted by atomic mass is 127.